The molecule has 30 heavy (non-hydrogen) atoms. The van der Waals surface area contributed by atoms with E-state index in [0.29, 0.717) is 56.1 Å². The maximum Gasteiger partial charge on any atom is 0.260 e. The highest BCUT2D eigenvalue weighted by atomic mass is 19.1. The van der Waals surface area contributed by atoms with Crippen LogP contribution in [-0.4, -0.2) is 60.9 Å². The van der Waals surface area contributed by atoms with Crippen LogP contribution in [0.5, 0.6) is 5.75 Å². The average Bonchev–Trinajstić information content (AvgIpc) is 2.78. The number of nitriles is 1. The highest BCUT2D eigenvalue weighted by Gasteiger charge is 2.21. The third-order valence-corrected chi connectivity index (χ3v) is 4.85. The van der Waals surface area contributed by atoms with Crippen molar-refractivity contribution in [2.45, 2.75) is 6.42 Å². The Morgan fingerprint density at radius 2 is 1.70 bits per heavy atom. The fourth-order valence-corrected chi connectivity index (χ4v) is 3.10. The lowest BCUT2D eigenvalue weighted by Crippen LogP contribution is -2.50. The molecule has 1 heterocycles. The van der Waals surface area contributed by atoms with Crippen LogP contribution in [0.15, 0.2) is 48.5 Å². The number of carbonyl (C=O) groups is 2. The van der Waals surface area contributed by atoms with Gasteiger partial charge in [-0.2, -0.15) is 5.26 Å². The minimum absolute atomic E-state index is 0.0847. The van der Waals surface area contributed by atoms with E-state index in [0.717, 1.165) is 0 Å². The van der Waals surface area contributed by atoms with Gasteiger partial charge in [-0.25, -0.2) is 4.39 Å². The van der Waals surface area contributed by atoms with Crippen molar-refractivity contribution in [2.24, 2.45) is 0 Å². The van der Waals surface area contributed by atoms with E-state index >= 15 is 0 Å². The maximum absolute atomic E-state index is 12.9. The second kappa shape index (κ2) is 10.4. The fourth-order valence-electron chi connectivity index (χ4n) is 3.10. The first-order chi connectivity index (χ1) is 14.5. The van der Waals surface area contributed by atoms with Gasteiger partial charge in [-0.3, -0.25) is 14.5 Å². The van der Waals surface area contributed by atoms with Crippen LogP contribution in [-0.2, 0) is 9.59 Å². The number of benzene rings is 2. The van der Waals surface area contributed by atoms with Gasteiger partial charge in [0.1, 0.15) is 11.6 Å². The summed E-state index contributed by atoms with van der Waals surface area (Å²) in [5.74, 6) is -0.101. The first-order valence-corrected chi connectivity index (χ1v) is 9.72. The van der Waals surface area contributed by atoms with Gasteiger partial charge in [0, 0.05) is 44.8 Å². The van der Waals surface area contributed by atoms with Crippen molar-refractivity contribution in [1.29, 1.82) is 5.26 Å². The Balaban J connectivity index is 1.34. The second-order valence-corrected chi connectivity index (χ2v) is 6.95. The number of hydrogen-bond donors (Lipinski definition) is 1. The molecule has 1 N–H and O–H groups in total. The number of ether oxygens (including phenoxy) is 1. The Bertz CT molecular complexity index is 901. The number of rotatable bonds is 7. The smallest absolute Gasteiger partial charge is 0.260 e. The highest BCUT2D eigenvalue weighted by molar-refractivity contribution is 5.90. The van der Waals surface area contributed by atoms with Gasteiger partial charge in [0.2, 0.25) is 5.91 Å². The number of hydrogen-bond acceptors (Lipinski definition) is 5. The molecule has 0 aliphatic carbocycles. The summed E-state index contributed by atoms with van der Waals surface area (Å²) in [5, 5.41) is 11.6. The normalized spacial score (nSPS) is 14.1. The van der Waals surface area contributed by atoms with E-state index in [9.17, 15) is 14.0 Å². The Morgan fingerprint density at radius 3 is 2.33 bits per heavy atom. The standard InChI is InChI=1S/C22H23FN4O3/c23-18-3-7-20(8-4-18)30-16-22(29)27-13-11-26(12-14-27)10-9-21(28)25-19-5-1-17(15-24)2-6-19/h1-8H,9-14,16H2,(H,25,28). The number of amides is 2. The van der Waals surface area contributed by atoms with Gasteiger partial charge in [0.25, 0.3) is 5.91 Å². The number of piperazine rings is 1. The highest BCUT2D eigenvalue weighted by Crippen LogP contribution is 2.12. The first-order valence-electron chi connectivity index (χ1n) is 9.72. The molecule has 1 aliphatic heterocycles. The Hall–Kier alpha value is -3.44. The Morgan fingerprint density at radius 1 is 1.03 bits per heavy atom. The van der Waals surface area contributed by atoms with Gasteiger partial charge >= 0.3 is 0 Å². The number of halogens is 1. The summed E-state index contributed by atoms with van der Waals surface area (Å²) < 4.78 is 18.3. The van der Waals surface area contributed by atoms with Crippen molar-refractivity contribution in [3.05, 3.63) is 59.9 Å². The summed E-state index contributed by atoms with van der Waals surface area (Å²) in [7, 11) is 0. The van der Waals surface area contributed by atoms with E-state index in [4.69, 9.17) is 10.00 Å². The largest absolute Gasteiger partial charge is 0.484 e. The predicted molar refractivity (Wildman–Crippen MR) is 109 cm³/mol. The summed E-state index contributed by atoms with van der Waals surface area (Å²) >= 11 is 0. The van der Waals surface area contributed by atoms with E-state index in [1.54, 1.807) is 29.2 Å². The molecule has 1 saturated heterocycles. The molecular weight excluding hydrogens is 387 g/mol. The molecule has 2 amide bonds. The van der Waals surface area contributed by atoms with Crippen LogP contribution in [0.2, 0.25) is 0 Å². The van der Waals surface area contributed by atoms with Gasteiger partial charge in [-0.15, -0.1) is 0 Å². The lowest BCUT2D eigenvalue weighted by atomic mass is 10.2. The zero-order valence-corrected chi connectivity index (χ0v) is 16.5. The zero-order chi connectivity index (χ0) is 21.3. The number of nitrogens with one attached hydrogen (secondary N) is 1. The van der Waals surface area contributed by atoms with Crippen LogP contribution in [0.3, 0.4) is 0 Å². The molecule has 8 heteroatoms. The zero-order valence-electron chi connectivity index (χ0n) is 16.5. The van der Waals surface area contributed by atoms with Crippen molar-refractivity contribution in [3.63, 3.8) is 0 Å². The molecule has 0 unspecified atom stereocenters. The fraction of sp³-hybridized carbons (Fsp3) is 0.318. The van der Waals surface area contributed by atoms with Crippen LogP contribution >= 0.6 is 0 Å². The van der Waals surface area contributed by atoms with Gasteiger partial charge < -0.3 is 15.0 Å². The van der Waals surface area contributed by atoms with E-state index in [1.165, 1.54) is 24.3 Å². The molecule has 0 spiro atoms. The van der Waals surface area contributed by atoms with E-state index in [2.05, 4.69) is 10.2 Å². The minimum atomic E-state index is -0.351. The quantitative estimate of drug-likeness (QED) is 0.757. The molecule has 0 bridgehead atoms. The van der Waals surface area contributed by atoms with Crippen molar-refractivity contribution in [2.75, 3.05) is 44.6 Å². The third-order valence-electron chi connectivity index (χ3n) is 4.85. The van der Waals surface area contributed by atoms with E-state index < -0.39 is 0 Å². The Labute approximate surface area is 174 Å². The van der Waals surface area contributed by atoms with E-state index in [1.807, 2.05) is 6.07 Å². The molecule has 2 aromatic carbocycles. The lowest BCUT2D eigenvalue weighted by Gasteiger charge is -2.34. The molecule has 2 aromatic rings. The van der Waals surface area contributed by atoms with Crippen LogP contribution in [0.1, 0.15) is 12.0 Å². The van der Waals surface area contributed by atoms with Crippen molar-refractivity contribution < 1.29 is 18.7 Å². The maximum atomic E-state index is 12.9. The molecule has 156 valence electrons. The summed E-state index contributed by atoms with van der Waals surface area (Å²) in [6, 6.07) is 14.3. The molecule has 7 nitrogen and oxygen atoms in total. The molecular formula is C22H23FN4O3. The SMILES string of the molecule is N#Cc1ccc(NC(=O)CCN2CCN(C(=O)COc3ccc(F)cc3)CC2)cc1. The molecule has 0 atom stereocenters. The van der Waals surface area contributed by atoms with Gasteiger partial charge in [-0.1, -0.05) is 0 Å². The monoisotopic (exact) mass is 410 g/mol. The van der Waals surface area contributed by atoms with Crippen LogP contribution in [0, 0.1) is 17.1 Å². The number of anilines is 1. The van der Waals surface area contributed by atoms with Crippen LogP contribution in [0.25, 0.3) is 0 Å². The average molecular weight is 410 g/mol. The van der Waals surface area contributed by atoms with Crippen molar-refractivity contribution in [1.82, 2.24) is 9.80 Å². The molecule has 3 rings (SSSR count). The summed E-state index contributed by atoms with van der Waals surface area (Å²) in [4.78, 5) is 28.3. The molecule has 0 saturated carbocycles. The Kier molecular flexibility index (Phi) is 7.35. The minimum Gasteiger partial charge on any atom is -0.484 e. The van der Waals surface area contributed by atoms with Gasteiger partial charge in [0.15, 0.2) is 6.61 Å². The molecule has 0 aromatic heterocycles. The van der Waals surface area contributed by atoms with Gasteiger partial charge in [-0.05, 0) is 48.5 Å². The lowest BCUT2D eigenvalue weighted by molar-refractivity contribution is -0.135. The summed E-state index contributed by atoms with van der Waals surface area (Å²) in [6.45, 7) is 3.04. The second-order valence-electron chi connectivity index (χ2n) is 6.95. The summed E-state index contributed by atoms with van der Waals surface area (Å²) in [6.07, 6.45) is 0.349. The molecule has 1 aliphatic rings. The topological polar surface area (TPSA) is 85.7 Å². The van der Waals surface area contributed by atoms with Crippen molar-refractivity contribution >= 4 is 17.5 Å². The van der Waals surface area contributed by atoms with Crippen LogP contribution in [0.4, 0.5) is 10.1 Å². The van der Waals surface area contributed by atoms with Crippen LogP contribution < -0.4 is 10.1 Å². The van der Waals surface area contributed by atoms with Gasteiger partial charge in [0.05, 0.1) is 11.6 Å². The molecule has 1 fully saturated rings. The molecule has 0 radical (unpaired) electrons. The number of nitrogens with zero attached hydrogens (tertiary/aromatic N) is 3. The summed E-state index contributed by atoms with van der Waals surface area (Å²) in [5.41, 5.74) is 1.21. The predicted octanol–water partition coefficient (Wildman–Crippen LogP) is 2.25. The van der Waals surface area contributed by atoms with E-state index in [-0.39, 0.29) is 24.2 Å². The first kappa shape index (κ1) is 21.3. The van der Waals surface area contributed by atoms with Crippen molar-refractivity contribution in [3.8, 4) is 11.8 Å². The third kappa shape index (κ3) is 6.29. The number of carbonyl (C=O) groups excluding carboxylic acids is 2.